The number of hydrogen-bond donors (Lipinski definition) is 1. The number of nitrogens with zero attached hydrogens (tertiary/aromatic N) is 1. The van der Waals surface area contributed by atoms with Crippen LogP contribution in [0.3, 0.4) is 0 Å². The number of amides is 1. The zero-order valence-electron chi connectivity index (χ0n) is 10.9. The molecule has 0 saturated heterocycles. The Morgan fingerprint density at radius 1 is 1.56 bits per heavy atom. The Hall–Kier alpha value is -1.77. The first kappa shape index (κ1) is 12.7. The maximum atomic E-state index is 12.2. The van der Waals surface area contributed by atoms with Gasteiger partial charge in [-0.3, -0.25) is 4.79 Å². The fourth-order valence-electron chi connectivity index (χ4n) is 2.30. The summed E-state index contributed by atoms with van der Waals surface area (Å²) in [6.07, 6.45) is 4.62. The van der Waals surface area contributed by atoms with E-state index < -0.39 is 0 Å². The summed E-state index contributed by atoms with van der Waals surface area (Å²) in [7, 11) is 1.87. The Morgan fingerprint density at radius 3 is 3.06 bits per heavy atom. The molecule has 96 valence electrons. The number of carbonyl (C=O) groups excluding carboxylic acids is 1. The predicted molar refractivity (Wildman–Crippen MR) is 74.6 cm³/mol. The minimum atomic E-state index is -0.101. The molecule has 0 saturated carbocycles. The normalized spacial score (nSPS) is 16.8. The summed E-state index contributed by atoms with van der Waals surface area (Å²) < 4.78 is 0. The number of para-hydroxylation sites is 1. The number of fused-ring (bicyclic) bond motifs is 1. The molecule has 0 spiro atoms. The van der Waals surface area contributed by atoms with Crippen molar-refractivity contribution in [3.8, 4) is 0 Å². The van der Waals surface area contributed by atoms with E-state index in [1.807, 2.05) is 36.2 Å². The second kappa shape index (κ2) is 5.71. The van der Waals surface area contributed by atoms with Gasteiger partial charge in [0.25, 0.3) is 0 Å². The molecule has 18 heavy (non-hydrogen) atoms. The lowest BCUT2D eigenvalue weighted by atomic mass is 10.1. The summed E-state index contributed by atoms with van der Waals surface area (Å²) in [6, 6.07) is 8.01. The first-order valence-corrected chi connectivity index (χ1v) is 6.42. The van der Waals surface area contributed by atoms with E-state index in [9.17, 15) is 4.79 Å². The van der Waals surface area contributed by atoms with E-state index in [1.54, 1.807) is 0 Å². The monoisotopic (exact) mass is 244 g/mol. The summed E-state index contributed by atoms with van der Waals surface area (Å²) in [5.74, 6) is 0.176. The van der Waals surface area contributed by atoms with Crippen LogP contribution in [0.5, 0.6) is 0 Å². The van der Waals surface area contributed by atoms with E-state index in [4.69, 9.17) is 0 Å². The molecular formula is C15H20N2O. The summed E-state index contributed by atoms with van der Waals surface area (Å²) in [4.78, 5) is 14.1. The van der Waals surface area contributed by atoms with Gasteiger partial charge in [-0.2, -0.15) is 0 Å². The molecule has 0 aromatic heterocycles. The van der Waals surface area contributed by atoms with Gasteiger partial charge >= 0.3 is 0 Å². The highest BCUT2D eigenvalue weighted by Gasteiger charge is 2.28. The van der Waals surface area contributed by atoms with Gasteiger partial charge in [-0.25, -0.2) is 0 Å². The molecular weight excluding hydrogens is 224 g/mol. The number of carbonyl (C=O) groups is 1. The fourth-order valence-corrected chi connectivity index (χ4v) is 2.30. The Morgan fingerprint density at radius 2 is 2.33 bits per heavy atom. The zero-order valence-corrected chi connectivity index (χ0v) is 10.9. The van der Waals surface area contributed by atoms with Crippen molar-refractivity contribution in [2.45, 2.75) is 25.3 Å². The highest BCUT2D eigenvalue weighted by Crippen LogP contribution is 2.25. The minimum Gasteiger partial charge on any atom is -0.373 e. The minimum absolute atomic E-state index is 0.101. The Labute approximate surface area is 108 Å². The van der Waals surface area contributed by atoms with Crippen LogP contribution in [0.25, 0.3) is 0 Å². The van der Waals surface area contributed by atoms with Crippen molar-refractivity contribution >= 4 is 11.6 Å². The molecule has 0 bridgehead atoms. The molecule has 0 unspecified atom stereocenters. The van der Waals surface area contributed by atoms with Gasteiger partial charge in [-0.15, -0.1) is 6.58 Å². The van der Waals surface area contributed by atoms with E-state index in [0.29, 0.717) is 0 Å². The predicted octanol–water partition coefficient (Wildman–Crippen LogP) is 2.45. The quantitative estimate of drug-likeness (QED) is 0.637. The Kier molecular flexibility index (Phi) is 4.03. The van der Waals surface area contributed by atoms with E-state index in [-0.39, 0.29) is 11.9 Å². The molecule has 3 heteroatoms. The number of likely N-dealkylation sites (N-methyl/N-ethyl adjacent to an activating group) is 1. The SMILES string of the molecule is C=CCCCN(C)C(=O)[C@@H]1Cc2ccccc2N1. The summed E-state index contributed by atoms with van der Waals surface area (Å²) in [6.45, 7) is 4.48. The molecule has 1 heterocycles. The van der Waals surface area contributed by atoms with Crippen LogP contribution in [0.1, 0.15) is 18.4 Å². The zero-order chi connectivity index (χ0) is 13.0. The van der Waals surface area contributed by atoms with Crippen LogP contribution in [0, 0.1) is 0 Å². The van der Waals surface area contributed by atoms with E-state index in [0.717, 1.165) is 31.5 Å². The summed E-state index contributed by atoms with van der Waals surface area (Å²) in [5.41, 5.74) is 2.32. The first-order chi connectivity index (χ1) is 8.72. The van der Waals surface area contributed by atoms with Crippen molar-refractivity contribution in [2.24, 2.45) is 0 Å². The van der Waals surface area contributed by atoms with Gasteiger partial charge in [-0.05, 0) is 24.5 Å². The second-order valence-electron chi connectivity index (χ2n) is 4.75. The molecule has 0 fully saturated rings. The molecule has 3 nitrogen and oxygen atoms in total. The lowest BCUT2D eigenvalue weighted by Crippen LogP contribution is -2.40. The van der Waals surface area contributed by atoms with Gasteiger partial charge in [0.1, 0.15) is 6.04 Å². The van der Waals surface area contributed by atoms with Crippen molar-refractivity contribution in [3.63, 3.8) is 0 Å². The Balaban J connectivity index is 1.90. The molecule has 1 N–H and O–H groups in total. The van der Waals surface area contributed by atoms with Crippen LogP contribution in [-0.4, -0.2) is 30.4 Å². The van der Waals surface area contributed by atoms with Crippen molar-refractivity contribution in [1.82, 2.24) is 4.90 Å². The fraction of sp³-hybridized carbons (Fsp3) is 0.400. The standard InChI is InChI=1S/C15H20N2O/c1-3-4-7-10-17(2)15(18)14-11-12-8-5-6-9-13(12)16-14/h3,5-6,8-9,14,16H,1,4,7,10-11H2,2H3/t14-/m0/s1. The van der Waals surface area contributed by atoms with Crippen molar-refractivity contribution in [2.75, 3.05) is 18.9 Å². The highest BCUT2D eigenvalue weighted by atomic mass is 16.2. The lowest BCUT2D eigenvalue weighted by molar-refractivity contribution is -0.130. The number of nitrogens with one attached hydrogen (secondary N) is 1. The van der Waals surface area contributed by atoms with Gasteiger partial charge < -0.3 is 10.2 Å². The third kappa shape index (κ3) is 2.73. The molecule has 0 radical (unpaired) electrons. The summed E-state index contributed by atoms with van der Waals surface area (Å²) in [5, 5.41) is 3.29. The van der Waals surface area contributed by atoms with Crippen LogP contribution >= 0.6 is 0 Å². The largest absolute Gasteiger partial charge is 0.373 e. The van der Waals surface area contributed by atoms with Gasteiger partial charge in [0.15, 0.2) is 0 Å². The lowest BCUT2D eigenvalue weighted by Gasteiger charge is -2.21. The van der Waals surface area contributed by atoms with E-state index in [1.165, 1.54) is 5.56 Å². The molecule has 1 aliphatic heterocycles. The maximum absolute atomic E-state index is 12.2. The average molecular weight is 244 g/mol. The number of benzene rings is 1. The van der Waals surface area contributed by atoms with Gasteiger partial charge in [0.2, 0.25) is 5.91 Å². The van der Waals surface area contributed by atoms with Crippen LogP contribution in [0.15, 0.2) is 36.9 Å². The van der Waals surface area contributed by atoms with Crippen molar-refractivity contribution < 1.29 is 4.79 Å². The van der Waals surface area contributed by atoms with Gasteiger partial charge in [0, 0.05) is 25.7 Å². The second-order valence-corrected chi connectivity index (χ2v) is 4.75. The molecule has 1 amide bonds. The number of hydrogen-bond acceptors (Lipinski definition) is 2. The Bertz CT molecular complexity index is 417. The number of anilines is 1. The number of unbranched alkanes of at least 4 members (excludes halogenated alkanes) is 1. The number of allylic oxidation sites excluding steroid dienone is 1. The molecule has 0 aliphatic carbocycles. The molecule has 1 aromatic carbocycles. The molecule has 1 aromatic rings. The maximum Gasteiger partial charge on any atom is 0.245 e. The molecule has 2 rings (SSSR count). The third-order valence-electron chi connectivity index (χ3n) is 3.35. The third-order valence-corrected chi connectivity index (χ3v) is 3.35. The summed E-state index contributed by atoms with van der Waals surface area (Å²) >= 11 is 0. The van der Waals surface area contributed by atoms with E-state index >= 15 is 0 Å². The van der Waals surface area contributed by atoms with E-state index in [2.05, 4.69) is 18.0 Å². The number of rotatable bonds is 5. The van der Waals surface area contributed by atoms with Crippen molar-refractivity contribution in [3.05, 3.63) is 42.5 Å². The topological polar surface area (TPSA) is 32.3 Å². The first-order valence-electron chi connectivity index (χ1n) is 6.42. The smallest absolute Gasteiger partial charge is 0.245 e. The van der Waals surface area contributed by atoms with Crippen LogP contribution in [-0.2, 0) is 11.2 Å². The molecule has 1 aliphatic rings. The van der Waals surface area contributed by atoms with Crippen LogP contribution in [0.4, 0.5) is 5.69 Å². The average Bonchev–Trinajstić information content (AvgIpc) is 2.81. The van der Waals surface area contributed by atoms with Gasteiger partial charge in [-0.1, -0.05) is 24.3 Å². The van der Waals surface area contributed by atoms with Gasteiger partial charge in [0.05, 0.1) is 0 Å². The van der Waals surface area contributed by atoms with Crippen molar-refractivity contribution in [1.29, 1.82) is 0 Å². The van der Waals surface area contributed by atoms with Crippen LogP contribution in [0.2, 0.25) is 0 Å². The highest BCUT2D eigenvalue weighted by molar-refractivity contribution is 5.87. The van der Waals surface area contributed by atoms with Crippen LogP contribution < -0.4 is 5.32 Å². The molecule has 1 atom stereocenters.